The number of benzene rings is 1. The smallest absolute Gasteiger partial charge is 0.872 e. The summed E-state index contributed by atoms with van der Waals surface area (Å²) in [6, 6.07) is 10.1. The molecule has 0 saturated carbocycles. The largest absolute Gasteiger partial charge is 1.00 e. The molecule has 11 heavy (non-hydrogen) atoms. The van der Waals surface area contributed by atoms with Crippen LogP contribution in [-0.2, 0) is 0 Å². The van der Waals surface area contributed by atoms with Crippen LogP contribution in [0.2, 0.25) is 0 Å². The number of rotatable bonds is 0. The number of nitrogens with zero attached hydrogens (tertiary/aromatic N) is 1. The number of hydrogen-bond donors (Lipinski definition) is 0. The fraction of sp³-hybridized carbons (Fsp3) is 0.125. The van der Waals surface area contributed by atoms with Gasteiger partial charge in [-0.3, -0.25) is 0 Å². The molecule has 0 heterocycles. The first kappa shape index (κ1) is 14.1. The molecule has 0 aliphatic carbocycles. The van der Waals surface area contributed by atoms with E-state index in [4.69, 9.17) is 5.26 Å². The summed E-state index contributed by atoms with van der Waals surface area (Å²) in [5.74, 6) is 0.0718. The maximum Gasteiger partial charge on any atom is 1.00 e. The van der Waals surface area contributed by atoms with Gasteiger partial charge < -0.3 is 5.11 Å². The molecule has 0 bridgehead atoms. The van der Waals surface area contributed by atoms with Crippen molar-refractivity contribution in [3.05, 3.63) is 30.3 Å². The van der Waals surface area contributed by atoms with E-state index in [1.165, 1.54) is 19.1 Å². The molecule has 0 N–H and O–H groups in total. The Morgan fingerprint density at radius 1 is 1.27 bits per heavy atom. The van der Waals surface area contributed by atoms with Crippen molar-refractivity contribution in [1.82, 2.24) is 0 Å². The molecule has 0 saturated heterocycles. The van der Waals surface area contributed by atoms with Gasteiger partial charge >= 0.3 is 68.9 Å². The Morgan fingerprint density at radius 3 is 1.82 bits per heavy atom. The molecule has 0 atom stereocenters. The quantitative estimate of drug-likeness (QED) is 0.562. The summed E-state index contributed by atoms with van der Waals surface area (Å²) in [6.07, 6.45) is 0. The van der Waals surface area contributed by atoms with E-state index in [0.717, 1.165) is 0 Å². The van der Waals surface area contributed by atoms with Crippen LogP contribution in [0.25, 0.3) is 0 Å². The van der Waals surface area contributed by atoms with Crippen molar-refractivity contribution in [2.45, 2.75) is 6.92 Å². The molecule has 1 aromatic carbocycles. The Balaban J connectivity index is 0. The zero-order valence-electron chi connectivity index (χ0n) is 6.74. The first-order chi connectivity index (χ1) is 4.81. The molecule has 1 rings (SSSR count). The molecule has 0 unspecified atom stereocenters. The minimum absolute atomic E-state index is 0. The van der Waals surface area contributed by atoms with Crippen LogP contribution in [0.5, 0.6) is 5.75 Å². The second-order valence-electron chi connectivity index (χ2n) is 1.54. The summed E-state index contributed by atoms with van der Waals surface area (Å²) < 4.78 is 0. The average Bonchev–Trinajstić information content (AvgIpc) is 1.91. The van der Waals surface area contributed by atoms with Crippen molar-refractivity contribution in [3.8, 4) is 11.8 Å². The molecule has 1 aromatic rings. The van der Waals surface area contributed by atoms with E-state index in [1.807, 2.05) is 6.07 Å². The summed E-state index contributed by atoms with van der Waals surface area (Å²) in [5.41, 5.74) is 0. The predicted molar refractivity (Wildman–Crippen MR) is 37.2 cm³/mol. The third kappa shape index (κ3) is 10.6. The molecule has 0 fully saturated rings. The first-order valence-corrected chi connectivity index (χ1v) is 2.84. The summed E-state index contributed by atoms with van der Waals surface area (Å²) in [5, 5.41) is 17.6. The van der Waals surface area contributed by atoms with Gasteiger partial charge in [0, 0.05) is 6.92 Å². The molecule has 52 valence electrons. The van der Waals surface area contributed by atoms with Gasteiger partial charge in [0.15, 0.2) is 0 Å². The SMILES string of the molecule is CC#N.[Cs+].[O-]c1ccccc1. The standard InChI is InChI=1S/C6H6O.C2H3N.Cs/c7-6-4-2-1-3-5-6;1-2-3;/h1-5,7H;1H3;/q;;+1/p-1. The molecule has 0 spiro atoms. The summed E-state index contributed by atoms with van der Waals surface area (Å²) in [6.45, 7) is 1.43. The third-order valence-electron chi connectivity index (χ3n) is 0.743. The topological polar surface area (TPSA) is 46.8 Å². The van der Waals surface area contributed by atoms with Gasteiger partial charge in [0.1, 0.15) is 0 Å². The van der Waals surface area contributed by atoms with Crippen LogP contribution < -0.4 is 74.0 Å². The van der Waals surface area contributed by atoms with E-state index < -0.39 is 0 Å². The second kappa shape index (κ2) is 10.6. The van der Waals surface area contributed by atoms with Gasteiger partial charge in [0.25, 0.3) is 0 Å². The van der Waals surface area contributed by atoms with Crippen molar-refractivity contribution < 1.29 is 74.0 Å². The van der Waals surface area contributed by atoms with Crippen molar-refractivity contribution >= 4 is 0 Å². The molecular weight excluding hydrogens is 259 g/mol. The fourth-order valence-corrected chi connectivity index (χ4v) is 0.420. The van der Waals surface area contributed by atoms with Crippen LogP contribution in [0.4, 0.5) is 0 Å². The Morgan fingerprint density at radius 2 is 1.64 bits per heavy atom. The number of nitriles is 1. The molecular formula is C8H8CsNO. The minimum Gasteiger partial charge on any atom is -0.872 e. The van der Waals surface area contributed by atoms with E-state index in [-0.39, 0.29) is 74.6 Å². The Kier molecular flexibility index (Phi) is 13.5. The monoisotopic (exact) mass is 267 g/mol. The second-order valence-corrected chi connectivity index (χ2v) is 1.54. The molecule has 0 amide bonds. The van der Waals surface area contributed by atoms with Crippen LogP contribution in [0.1, 0.15) is 6.92 Å². The van der Waals surface area contributed by atoms with Gasteiger partial charge in [-0.05, 0) is 0 Å². The van der Waals surface area contributed by atoms with Gasteiger partial charge in [0.05, 0.1) is 6.07 Å². The molecule has 0 radical (unpaired) electrons. The Labute approximate surface area is 126 Å². The number of hydrogen-bond acceptors (Lipinski definition) is 2. The predicted octanol–water partition coefficient (Wildman–Crippen LogP) is -1.71. The first-order valence-electron chi connectivity index (χ1n) is 2.84. The van der Waals surface area contributed by atoms with Gasteiger partial charge in [-0.25, -0.2) is 0 Å². The van der Waals surface area contributed by atoms with Crippen molar-refractivity contribution in [1.29, 1.82) is 5.26 Å². The van der Waals surface area contributed by atoms with Gasteiger partial charge in [-0.1, -0.05) is 30.3 Å². The zero-order valence-corrected chi connectivity index (χ0v) is 13.0. The maximum atomic E-state index is 10.3. The Hall–Kier alpha value is 0.562. The van der Waals surface area contributed by atoms with E-state index in [1.54, 1.807) is 18.2 Å². The van der Waals surface area contributed by atoms with E-state index in [0.29, 0.717) is 0 Å². The van der Waals surface area contributed by atoms with Crippen LogP contribution in [0.3, 0.4) is 0 Å². The van der Waals surface area contributed by atoms with Gasteiger partial charge in [0.2, 0.25) is 0 Å². The van der Waals surface area contributed by atoms with Crippen molar-refractivity contribution in [3.63, 3.8) is 0 Å². The third-order valence-corrected chi connectivity index (χ3v) is 0.743. The van der Waals surface area contributed by atoms with E-state index in [9.17, 15) is 5.11 Å². The van der Waals surface area contributed by atoms with E-state index >= 15 is 0 Å². The van der Waals surface area contributed by atoms with Gasteiger partial charge in [-0.2, -0.15) is 5.26 Å². The van der Waals surface area contributed by atoms with Crippen LogP contribution in [-0.4, -0.2) is 0 Å². The molecule has 0 aliphatic heterocycles. The summed E-state index contributed by atoms with van der Waals surface area (Å²) in [4.78, 5) is 0. The summed E-state index contributed by atoms with van der Waals surface area (Å²) >= 11 is 0. The van der Waals surface area contributed by atoms with Crippen LogP contribution in [0.15, 0.2) is 30.3 Å². The number of para-hydroxylation sites is 1. The van der Waals surface area contributed by atoms with Gasteiger partial charge in [-0.15, -0.1) is 5.75 Å². The Bertz CT molecular complexity index is 205. The maximum absolute atomic E-state index is 10.3. The van der Waals surface area contributed by atoms with Crippen molar-refractivity contribution in [2.24, 2.45) is 0 Å². The minimum atomic E-state index is 0. The zero-order chi connectivity index (χ0) is 7.82. The van der Waals surface area contributed by atoms with Crippen LogP contribution >= 0.6 is 0 Å². The average molecular weight is 267 g/mol. The molecule has 0 aromatic heterocycles. The van der Waals surface area contributed by atoms with Crippen LogP contribution in [0, 0.1) is 11.3 Å². The molecule has 0 aliphatic rings. The van der Waals surface area contributed by atoms with Crippen molar-refractivity contribution in [2.75, 3.05) is 0 Å². The normalized spacial score (nSPS) is 6.18. The fourth-order valence-electron chi connectivity index (χ4n) is 0.420. The molecule has 3 heteroatoms. The summed E-state index contributed by atoms with van der Waals surface area (Å²) in [7, 11) is 0. The molecule has 2 nitrogen and oxygen atoms in total. The van der Waals surface area contributed by atoms with E-state index in [2.05, 4.69) is 0 Å².